The summed E-state index contributed by atoms with van der Waals surface area (Å²) >= 11 is 3.31. The molecule has 16 heavy (non-hydrogen) atoms. The van der Waals surface area contributed by atoms with Crippen molar-refractivity contribution in [2.24, 2.45) is 5.73 Å². The second kappa shape index (κ2) is 5.05. The molecule has 0 aliphatic rings. The number of nitrogens with two attached hydrogens (primary N) is 1. The van der Waals surface area contributed by atoms with Crippen LogP contribution in [0, 0.1) is 0 Å². The largest absolute Gasteiger partial charge is 0.438 e. The summed E-state index contributed by atoms with van der Waals surface area (Å²) in [6.45, 7) is 0.488. The van der Waals surface area contributed by atoms with Gasteiger partial charge in [0.15, 0.2) is 0 Å². The minimum atomic E-state index is 0.488. The van der Waals surface area contributed by atoms with E-state index in [1.807, 2.05) is 24.3 Å². The quantitative estimate of drug-likeness (QED) is 0.938. The molecule has 2 aromatic rings. The first kappa shape index (κ1) is 11.0. The lowest BCUT2D eigenvalue weighted by Gasteiger charge is -2.06. The second-order valence-electron chi connectivity index (χ2n) is 3.13. The van der Waals surface area contributed by atoms with Gasteiger partial charge in [0.25, 0.3) is 0 Å². The lowest BCUT2D eigenvalue weighted by Crippen LogP contribution is -1.96. The standard InChI is InChI=1S/C11H10BrN3O/c12-10-6-14-7-15-11(10)16-9-3-1-2-8(4-9)5-13/h1-4,6-7H,5,13H2. The van der Waals surface area contributed by atoms with Crippen LogP contribution in [0.5, 0.6) is 11.6 Å². The van der Waals surface area contributed by atoms with Crippen molar-refractivity contribution >= 4 is 15.9 Å². The van der Waals surface area contributed by atoms with Gasteiger partial charge in [-0.2, -0.15) is 0 Å². The van der Waals surface area contributed by atoms with Crippen molar-refractivity contribution in [3.05, 3.63) is 46.8 Å². The van der Waals surface area contributed by atoms with Crippen LogP contribution in [-0.2, 0) is 6.54 Å². The zero-order valence-corrected chi connectivity index (χ0v) is 10.0. The summed E-state index contributed by atoms with van der Waals surface area (Å²) in [6.07, 6.45) is 3.07. The van der Waals surface area contributed by atoms with Gasteiger partial charge < -0.3 is 10.5 Å². The van der Waals surface area contributed by atoms with E-state index in [-0.39, 0.29) is 0 Å². The van der Waals surface area contributed by atoms with Gasteiger partial charge in [-0.1, -0.05) is 12.1 Å². The van der Waals surface area contributed by atoms with Gasteiger partial charge in [-0.15, -0.1) is 0 Å². The molecular weight excluding hydrogens is 270 g/mol. The third kappa shape index (κ3) is 2.56. The summed E-state index contributed by atoms with van der Waals surface area (Å²) in [5.41, 5.74) is 6.57. The van der Waals surface area contributed by atoms with E-state index in [1.54, 1.807) is 6.20 Å². The topological polar surface area (TPSA) is 61.0 Å². The molecule has 1 aromatic carbocycles. The first-order valence-corrected chi connectivity index (χ1v) is 5.51. The smallest absolute Gasteiger partial charge is 0.236 e. The highest BCUT2D eigenvalue weighted by Gasteiger charge is 2.03. The lowest BCUT2D eigenvalue weighted by atomic mass is 10.2. The molecule has 0 atom stereocenters. The van der Waals surface area contributed by atoms with Gasteiger partial charge in [-0.3, -0.25) is 0 Å². The normalized spacial score (nSPS) is 10.1. The van der Waals surface area contributed by atoms with Crippen molar-refractivity contribution in [3.8, 4) is 11.6 Å². The molecule has 82 valence electrons. The molecule has 0 aliphatic carbocycles. The molecule has 0 radical (unpaired) electrons. The fraction of sp³-hybridized carbons (Fsp3) is 0.0909. The van der Waals surface area contributed by atoms with E-state index in [0.29, 0.717) is 22.6 Å². The van der Waals surface area contributed by atoms with Crippen LogP contribution < -0.4 is 10.5 Å². The Kier molecular flexibility index (Phi) is 3.48. The number of rotatable bonds is 3. The average Bonchev–Trinajstić information content (AvgIpc) is 2.32. The summed E-state index contributed by atoms with van der Waals surface area (Å²) in [5, 5.41) is 0. The molecule has 4 nitrogen and oxygen atoms in total. The Morgan fingerprint density at radius 2 is 2.25 bits per heavy atom. The predicted molar refractivity (Wildman–Crippen MR) is 64.1 cm³/mol. The molecule has 0 fully saturated rings. The molecule has 5 heteroatoms. The Balaban J connectivity index is 2.24. The van der Waals surface area contributed by atoms with Crippen molar-refractivity contribution in [3.63, 3.8) is 0 Å². The summed E-state index contributed by atoms with van der Waals surface area (Å²) in [7, 11) is 0. The number of halogens is 1. The van der Waals surface area contributed by atoms with Gasteiger partial charge in [-0.05, 0) is 33.6 Å². The maximum Gasteiger partial charge on any atom is 0.236 e. The highest BCUT2D eigenvalue weighted by atomic mass is 79.9. The molecule has 0 aliphatic heterocycles. The van der Waals surface area contributed by atoms with E-state index in [0.717, 1.165) is 5.56 Å². The molecule has 1 aromatic heterocycles. The Labute approximate surface area is 102 Å². The highest BCUT2D eigenvalue weighted by molar-refractivity contribution is 9.10. The van der Waals surface area contributed by atoms with E-state index < -0.39 is 0 Å². The monoisotopic (exact) mass is 279 g/mol. The molecule has 2 rings (SSSR count). The minimum Gasteiger partial charge on any atom is -0.438 e. The number of hydrogen-bond acceptors (Lipinski definition) is 4. The van der Waals surface area contributed by atoms with Crippen molar-refractivity contribution < 1.29 is 4.74 Å². The summed E-state index contributed by atoms with van der Waals surface area (Å²) < 4.78 is 6.31. The third-order valence-corrected chi connectivity index (χ3v) is 2.53. The van der Waals surface area contributed by atoms with Crippen molar-refractivity contribution in [1.82, 2.24) is 9.97 Å². The van der Waals surface area contributed by atoms with Gasteiger partial charge in [0.05, 0.1) is 4.47 Å². The summed E-state index contributed by atoms with van der Waals surface area (Å²) in [5.74, 6) is 1.20. The number of ether oxygens (including phenoxy) is 1. The van der Waals surface area contributed by atoms with E-state index in [1.165, 1.54) is 6.33 Å². The molecule has 0 unspecified atom stereocenters. The molecule has 2 N–H and O–H groups in total. The molecule has 1 heterocycles. The number of aromatic nitrogens is 2. The number of benzene rings is 1. The van der Waals surface area contributed by atoms with Crippen molar-refractivity contribution in [2.45, 2.75) is 6.54 Å². The van der Waals surface area contributed by atoms with Gasteiger partial charge in [0.2, 0.25) is 5.88 Å². The average molecular weight is 280 g/mol. The first-order chi connectivity index (χ1) is 7.79. The maximum absolute atomic E-state index is 5.60. The van der Waals surface area contributed by atoms with Gasteiger partial charge in [0, 0.05) is 12.7 Å². The highest BCUT2D eigenvalue weighted by Crippen LogP contribution is 2.26. The lowest BCUT2D eigenvalue weighted by molar-refractivity contribution is 0.457. The van der Waals surface area contributed by atoms with Crippen LogP contribution in [0.2, 0.25) is 0 Å². The van der Waals surface area contributed by atoms with E-state index in [4.69, 9.17) is 10.5 Å². The van der Waals surface area contributed by atoms with Gasteiger partial charge in [-0.25, -0.2) is 9.97 Å². The zero-order valence-electron chi connectivity index (χ0n) is 8.43. The van der Waals surface area contributed by atoms with Crippen LogP contribution in [0.3, 0.4) is 0 Å². The Bertz CT molecular complexity index is 490. The SMILES string of the molecule is NCc1cccc(Oc2ncncc2Br)c1. The minimum absolute atomic E-state index is 0.488. The van der Waals surface area contributed by atoms with Crippen LogP contribution in [0.4, 0.5) is 0 Å². The molecule has 0 spiro atoms. The van der Waals surface area contributed by atoms with Gasteiger partial charge in [0.1, 0.15) is 12.1 Å². The Morgan fingerprint density at radius 3 is 3.00 bits per heavy atom. The predicted octanol–water partition coefficient (Wildman–Crippen LogP) is 2.49. The van der Waals surface area contributed by atoms with E-state index in [2.05, 4.69) is 25.9 Å². The third-order valence-electron chi connectivity index (χ3n) is 1.98. The summed E-state index contributed by atoms with van der Waals surface area (Å²) in [4.78, 5) is 7.88. The molecule has 0 saturated heterocycles. The molecule has 0 bridgehead atoms. The number of hydrogen-bond donors (Lipinski definition) is 1. The molecule has 0 amide bonds. The molecular formula is C11H10BrN3O. The first-order valence-electron chi connectivity index (χ1n) is 4.72. The Hall–Kier alpha value is -1.46. The van der Waals surface area contributed by atoms with Crippen LogP contribution in [0.1, 0.15) is 5.56 Å². The Morgan fingerprint density at radius 1 is 1.38 bits per heavy atom. The summed E-state index contributed by atoms with van der Waals surface area (Å²) in [6, 6.07) is 7.58. The number of nitrogens with zero attached hydrogens (tertiary/aromatic N) is 2. The van der Waals surface area contributed by atoms with Crippen molar-refractivity contribution in [2.75, 3.05) is 0 Å². The maximum atomic E-state index is 5.60. The zero-order chi connectivity index (χ0) is 11.4. The van der Waals surface area contributed by atoms with Gasteiger partial charge >= 0.3 is 0 Å². The molecule has 0 saturated carbocycles. The van der Waals surface area contributed by atoms with E-state index in [9.17, 15) is 0 Å². The van der Waals surface area contributed by atoms with Crippen molar-refractivity contribution in [1.29, 1.82) is 0 Å². The fourth-order valence-electron chi connectivity index (χ4n) is 1.22. The van der Waals surface area contributed by atoms with Crippen LogP contribution in [-0.4, -0.2) is 9.97 Å². The van der Waals surface area contributed by atoms with E-state index >= 15 is 0 Å². The van der Waals surface area contributed by atoms with Crippen LogP contribution in [0.15, 0.2) is 41.3 Å². The van der Waals surface area contributed by atoms with Crippen LogP contribution >= 0.6 is 15.9 Å². The second-order valence-corrected chi connectivity index (χ2v) is 3.98. The van der Waals surface area contributed by atoms with Crippen LogP contribution in [0.25, 0.3) is 0 Å². The fourth-order valence-corrected chi connectivity index (χ4v) is 1.53.